The summed E-state index contributed by atoms with van der Waals surface area (Å²) in [7, 11) is 0. The Morgan fingerprint density at radius 2 is 1.22 bits per heavy atom. The van der Waals surface area contributed by atoms with E-state index < -0.39 is 11.7 Å². The molecular weight excluding hydrogens is 580 g/mol. The van der Waals surface area contributed by atoms with Crippen LogP contribution in [0.4, 0.5) is 4.79 Å². The summed E-state index contributed by atoms with van der Waals surface area (Å²) in [6.07, 6.45) is 6.62. The van der Waals surface area contributed by atoms with E-state index in [-0.39, 0.29) is 11.8 Å². The number of aromatic nitrogens is 1. The SMILES string of the molecule is CC(C)(C)OC(=O)NCCCCCC(=O)NCCOCCOCCOCCOCCNC(=O)CCCc1c[nH]c2ccccc12. The Bertz CT molecular complexity index is 1100. The lowest BCUT2D eigenvalue weighted by Crippen LogP contribution is -2.33. The number of ether oxygens (including phenoxy) is 5. The van der Waals surface area contributed by atoms with Gasteiger partial charge in [-0.05, 0) is 58.1 Å². The number of nitrogens with one attached hydrogen (secondary N) is 4. The number of benzene rings is 1. The van der Waals surface area contributed by atoms with Crippen LogP contribution in [0, 0.1) is 0 Å². The fraction of sp³-hybridized carbons (Fsp3) is 0.667. The number of carbonyl (C=O) groups is 3. The van der Waals surface area contributed by atoms with E-state index in [1.807, 2.05) is 39.1 Å². The van der Waals surface area contributed by atoms with Gasteiger partial charge in [0, 0.05) is 49.6 Å². The number of alkyl carbamates (subject to hydrolysis) is 1. The topological polar surface area (TPSA) is 149 Å². The quantitative estimate of drug-likeness (QED) is 0.120. The van der Waals surface area contributed by atoms with Gasteiger partial charge in [-0.1, -0.05) is 24.6 Å². The van der Waals surface area contributed by atoms with Gasteiger partial charge >= 0.3 is 6.09 Å². The maximum Gasteiger partial charge on any atom is 0.407 e. The highest BCUT2D eigenvalue weighted by molar-refractivity contribution is 5.83. The summed E-state index contributed by atoms with van der Waals surface area (Å²) in [5.41, 5.74) is 1.86. The third-order valence-corrected chi connectivity index (χ3v) is 6.53. The number of hydrogen-bond acceptors (Lipinski definition) is 8. The van der Waals surface area contributed by atoms with Crippen LogP contribution in [0.15, 0.2) is 30.5 Å². The zero-order valence-electron chi connectivity index (χ0n) is 27.4. The Morgan fingerprint density at radius 3 is 1.82 bits per heavy atom. The number of aryl methyl sites for hydroxylation is 1. The molecule has 0 fully saturated rings. The molecule has 12 nitrogen and oxygen atoms in total. The van der Waals surface area contributed by atoms with Crippen LogP contribution in [-0.4, -0.2) is 101 Å². The highest BCUT2D eigenvalue weighted by Gasteiger charge is 2.15. The number of unbranched alkanes of at least 4 members (excludes halogenated alkanes) is 2. The van der Waals surface area contributed by atoms with Crippen molar-refractivity contribution in [3.05, 3.63) is 36.0 Å². The third kappa shape index (κ3) is 19.7. The van der Waals surface area contributed by atoms with Gasteiger partial charge in [0.25, 0.3) is 0 Å². The van der Waals surface area contributed by atoms with Gasteiger partial charge < -0.3 is 44.6 Å². The van der Waals surface area contributed by atoms with Gasteiger partial charge in [-0.15, -0.1) is 0 Å². The number of para-hydroxylation sites is 1. The second-order valence-electron chi connectivity index (χ2n) is 11.6. The van der Waals surface area contributed by atoms with E-state index in [0.29, 0.717) is 85.3 Å². The van der Waals surface area contributed by atoms with Crippen LogP contribution in [-0.2, 0) is 39.7 Å². The van der Waals surface area contributed by atoms with Crippen molar-refractivity contribution >= 4 is 28.8 Å². The molecule has 0 aliphatic heterocycles. The Morgan fingerprint density at radius 1 is 0.667 bits per heavy atom. The molecule has 12 heteroatoms. The first-order valence-corrected chi connectivity index (χ1v) is 16.1. The van der Waals surface area contributed by atoms with Crippen molar-refractivity contribution in [1.82, 2.24) is 20.9 Å². The van der Waals surface area contributed by atoms with E-state index in [2.05, 4.69) is 33.1 Å². The largest absolute Gasteiger partial charge is 0.444 e. The van der Waals surface area contributed by atoms with E-state index in [1.165, 1.54) is 10.9 Å². The average molecular weight is 635 g/mol. The molecule has 0 radical (unpaired) electrons. The lowest BCUT2D eigenvalue weighted by Gasteiger charge is -2.19. The summed E-state index contributed by atoms with van der Waals surface area (Å²) in [6.45, 7) is 10.5. The molecule has 45 heavy (non-hydrogen) atoms. The summed E-state index contributed by atoms with van der Waals surface area (Å²) in [5.74, 6) is 0.0317. The first kappa shape index (κ1) is 38.0. The third-order valence-electron chi connectivity index (χ3n) is 6.53. The molecule has 3 amide bonds. The van der Waals surface area contributed by atoms with Crippen molar-refractivity contribution in [2.75, 3.05) is 72.5 Å². The Labute approximate surface area is 267 Å². The zero-order valence-corrected chi connectivity index (χ0v) is 27.4. The Balaban J connectivity index is 1.25. The van der Waals surface area contributed by atoms with Crippen molar-refractivity contribution in [3.8, 4) is 0 Å². The van der Waals surface area contributed by atoms with Gasteiger partial charge in [0.05, 0.1) is 52.9 Å². The summed E-state index contributed by atoms with van der Waals surface area (Å²) >= 11 is 0. The summed E-state index contributed by atoms with van der Waals surface area (Å²) in [6, 6.07) is 8.19. The van der Waals surface area contributed by atoms with Gasteiger partial charge in [-0.25, -0.2) is 4.79 Å². The molecule has 1 aromatic carbocycles. The number of rotatable bonds is 25. The van der Waals surface area contributed by atoms with Gasteiger partial charge in [0.15, 0.2) is 0 Å². The molecule has 1 heterocycles. The molecule has 254 valence electrons. The smallest absolute Gasteiger partial charge is 0.407 e. The lowest BCUT2D eigenvalue weighted by atomic mass is 10.1. The molecule has 0 saturated heterocycles. The molecule has 0 spiro atoms. The minimum absolute atomic E-state index is 0.00556. The van der Waals surface area contributed by atoms with Crippen LogP contribution in [0.2, 0.25) is 0 Å². The van der Waals surface area contributed by atoms with Gasteiger partial charge in [0.1, 0.15) is 5.60 Å². The van der Waals surface area contributed by atoms with Crippen molar-refractivity contribution in [3.63, 3.8) is 0 Å². The molecule has 0 aliphatic carbocycles. The predicted molar refractivity (Wildman–Crippen MR) is 173 cm³/mol. The minimum atomic E-state index is -0.504. The number of amides is 3. The summed E-state index contributed by atoms with van der Waals surface area (Å²) < 4.78 is 27.1. The second kappa shape index (κ2) is 23.2. The van der Waals surface area contributed by atoms with Crippen molar-refractivity contribution in [1.29, 1.82) is 0 Å². The van der Waals surface area contributed by atoms with Crippen LogP contribution in [0.3, 0.4) is 0 Å². The monoisotopic (exact) mass is 634 g/mol. The van der Waals surface area contributed by atoms with E-state index in [0.717, 1.165) is 37.6 Å². The van der Waals surface area contributed by atoms with E-state index >= 15 is 0 Å². The highest BCUT2D eigenvalue weighted by atomic mass is 16.6. The first-order chi connectivity index (χ1) is 21.7. The molecule has 0 atom stereocenters. The number of carbonyl (C=O) groups excluding carboxylic acids is 3. The van der Waals surface area contributed by atoms with Crippen molar-refractivity contribution < 1.29 is 38.1 Å². The molecule has 2 rings (SSSR count). The summed E-state index contributed by atoms with van der Waals surface area (Å²) in [4.78, 5) is 38.8. The van der Waals surface area contributed by atoms with Crippen LogP contribution in [0.1, 0.15) is 64.9 Å². The van der Waals surface area contributed by atoms with Crippen LogP contribution < -0.4 is 16.0 Å². The maximum atomic E-state index is 12.0. The summed E-state index contributed by atoms with van der Waals surface area (Å²) in [5, 5.41) is 9.66. The highest BCUT2D eigenvalue weighted by Crippen LogP contribution is 2.19. The van der Waals surface area contributed by atoms with Crippen LogP contribution >= 0.6 is 0 Å². The van der Waals surface area contributed by atoms with E-state index in [9.17, 15) is 14.4 Å². The number of H-pyrrole nitrogens is 1. The van der Waals surface area contributed by atoms with E-state index in [1.54, 1.807) is 0 Å². The standard InChI is InChI=1S/C33H54N4O8/c1-33(2,3)45-32(40)36-15-8-4-5-13-30(38)34-16-18-41-20-22-43-24-25-44-23-21-42-19-17-35-31(39)14-9-10-27-26-37-29-12-7-6-11-28(27)29/h6-7,11-12,26,37H,4-5,8-10,13-25H2,1-3H3,(H,34,38)(H,35,39)(H,36,40). The van der Waals surface area contributed by atoms with Crippen molar-refractivity contribution in [2.24, 2.45) is 0 Å². The molecule has 0 bridgehead atoms. The Hall–Kier alpha value is -3.19. The normalized spacial score (nSPS) is 11.4. The molecular formula is C33H54N4O8. The lowest BCUT2D eigenvalue weighted by molar-refractivity contribution is -0.122. The molecule has 0 unspecified atom stereocenters. The zero-order chi connectivity index (χ0) is 32.6. The van der Waals surface area contributed by atoms with Crippen LogP contribution in [0.5, 0.6) is 0 Å². The number of fused-ring (bicyclic) bond motifs is 1. The Kier molecular flexibility index (Phi) is 19.6. The fourth-order valence-electron chi connectivity index (χ4n) is 4.33. The van der Waals surface area contributed by atoms with Gasteiger partial charge in [-0.3, -0.25) is 9.59 Å². The molecule has 4 N–H and O–H groups in total. The second-order valence-corrected chi connectivity index (χ2v) is 11.6. The number of hydrogen-bond donors (Lipinski definition) is 4. The predicted octanol–water partition coefficient (Wildman–Crippen LogP) is 3.87. The average Bonchev–Trinajstić information content (AvgIpc) is 3.40. The molecule has 0 aliphatic rings. The van der Waals surface area contributed by atoms with Gasteiger partial charge in [0.2, 0.25) is 11.8 Å². The van der Waals surface area contributed by atoms with Crippen molar-refractivity contribution in [2.45, 2.75) is 71.3 Å². The minimum Gasteiger partial charge on any atom is -0.444 e. The molecule has 0 saturated carbocycles. The van der Waals surface area contributed by atoms with Gasteiger partial charge in [-0.2, -0.15) is 0 Å². The molecule has 1 aromatic heterocycles. The first-order valence-electron chi connectivity index (χ1n) is 16.1. The van der Waals surface area contributed by atoms with Crippen LogP contribution in [0.25, 0.3) is 10.9 Å². The fourth-order valence-corrected chi connectivity index (χ4v) is 4.33. The molecule has 2 aromatic rings. The number of aromatic amines is 1. The maximum absolute atomic E-state index is 12.0. The van der Waals surface area contributed by atoms with E-state index in [4.69, 9.17) is 23.7 Å².